The van der Waals surface area contributed by atoms with Gasteiger partial charge in [0.15, 0.2) is 0 Å². The number of hydrogen-bond donors (Lipinski definition) is 2. The molecule has 2 N–H and O–H groups in total. The van der Waals surface area contributed by atoms with E-state index in [0.29, 0.717) is 35.2 Å². The Balaban J connectivity index is 1.74. The molecular formula is C19H24ClN5O3. The van der Waals surface area contributed by atoms with E-state index in [1.54, 1.807) is 17.2 Å². The van der Waals surface area contributed by atoms with Gasteiger partial charge in [-0.1, -0.05) is 11.6 Å². The lowest BCUT2D eigenvalue weighted by Gasteiger charge is -2.32. The van der Waals surface area contributed by atoms with E-state index in [1.807, 2.05) is 13.8 Å². The first kappa shape index (κ1) is 20.1. The van der Waals surface area contributed by atoms with E-state index in [2.05, 4.69) is 20.5 Å². The van der Waals surface area contributed by atoms with Gasteiger partial charge in [0.25, 0.3) is 5.91 Å². The van der Waals surface area contributed by atoms with Gasteiger partial charge in [-0.3, -0.25) is 14.7 Å². The third kappa shape index (κ3) is 4.62. The molecule has 150 valence electrons. The Bertz CT molecular complexity index is 867. The van der Waals surface area contributed by atoms with E-state index in [0.717, 1.165) is 18.5 Å². The number of halogens is 1. The van der Waals surface area contributed by atoms with Crippen molar-refractivity contribution < 1.29 is 14.3 Å². The SMILES string of the molecule is CC(=O)Nc1cn[nH]c1C1CCCN(C(=O)c2cnc(OC(C)C)c(Cl)c2)C1. The maximum absolute atomic E-state index is 13.0. The second kappa shape index (κ2) is 8.60. The summed E-state index contributed by atoms with van der Waals surface area (Å²) in [6.07, 6.45) is 4.79. The fourth-order valence-corrected chi connectivity index (χ4v) is 3.54. The minimum absolute atomic E-state index is 0.0541. The van der Waals surface area contributed by atoms with Crippen LogP contribution in [-0.2, 0) is 4.79 Å². The highest BCUT2D eigenvalue weighted by molar-refractivity contribution is 6.32. The number of carbonyl (C=O) groups is 2. The quantitative estimate of drug-likeness (QED) is 0.795. The highest BCUT2D eigenvalue weighted by Gasteiger charge is 2.28. The summed E-state index contributed by atoms with van der Waals surface area (Å²) in [7, 11) is 0. The number of carbonyl (C=O) groups excluding carboxylic acids is 2. The van der Waals surface area contributed by atoms with Crippen molar-refractivity contribution in [1.29, 1.82) is 0 Å². The average molecular weight is 406 g/mol. The third-order valence-electron chi connectivity index (χ3n) is 4.50. The van der Waals surface area contributed by atoms with Crippen LogP contribution in [-0.4, -0.2) is 51.1 Å². The molecule has 0 aromatic carbocycles. The van der Waals surface area contributed by atoms with Crippen molar-refractivity contribution >= 4 is 29.1 Å². The van der Waals surface area contributed by atoms with Crippen LogP contribution in [0.2, 0.25) is 5.02 Å². The molecule has 0 bridgehead atoms. The first-order valence-corrected chi connectivity index (χ1v) is 9.65. The first-order valence-electron chi connectivity index (χ1n) is 9.27. The number of likely N-dealkylation sites (tertiary alicyclic amines) is 1. The van der Waals surface area contributed by atoms with Gasteiger partial charge in [0.2, 0.25) is 11.8 Å². The predicted octanol–water partition coefficient (Wildman–Crippen LogP) is 3.22. The van der Waals surface area contributed by atoms with Crippen molar-refractivity contribution in [3.8, 4) is 5.88 Å². The van der Waals surface area contributed by atoms with Crippen LogP contribution in [0.25, 0.3) is 0 Å². The van der Waals surface area contributed by atoms with E-state index in [9.17, 15) is 9.59 Å². The van der Waals surface area contributed by atoms with Crippen LogP contribution in [0.4, 0.5) is 5.69 Å². The smallest absolute Gasteiger partial charge is 0.255 e. The number of aromatic nitrogens is 3. The van der Waals surface area contributed by atoms with Crippen molar-refractivity contribution in [2.24, 2.45) is 0 Å². The Morgan fingerprint density at radius 2 is 2.18 bits per heavy atom. The molecule has 8 nitrogen and oxygen atoms in total. The largest absolute Gasteiger partial charge is 0.474 e. The van der Waals surface area contributed by atoms with Crippen LogP contribution >= 0.6 is 11.6 Å². The molecule has 1 fully saturated rings. The molecule has 1 unspecified atom stereocenters. The standard InChI is InChI=1S/C19H24ClN5O3/c1-11(2)28-18-15(20)7-14(8-21-18)19(27)25-6-4-5-13(10-25)17-16(9-22-24-17)23-12(3)26/h7-9,11,13H,4-6,10H2,1-3H3,(H,22,24)(H,23,26). The number of nitrogens with zero attached hydrogens (tertiary/aromatic N) is 3. The van der Waals surface area contributed by atoms with E-state index < -0.39 is 0 Å². The van der Waals surface area contributed by atoms with Crippen LogP contribution in [0.15, 0.2) is 18.5 Å². The summed E-state index contributed by atoms with van der Waals surface area (Å²) >= 11 is 6.22. The van der Waals surface area contributed by atoms with Gasteiger partial charge in [0.05, 0.1) is 29.2 Å². The van der Waals surface area contributed by atoms with Crippen molar-refractivity contribution in [3.05, 3.63) is 34.7 Å². The average Bonchev–Trinajstić information content (AvgIpc) is 3.10. The van der Waals surface area contributed by atoms with Gasteiger partial charge in [-0.25, -0.2) is 4.98 Å². The summed E-state index contributed by atoms with van der Waals surface area (Å²) < 4.78 is 5.52. The molecule has 2 aromatic rings. The third-order valence-corrected chi connectivity index (χ3v) is 4.77. The van der Waals surface area contributed by atoms with Crippen LogP contribution < -0.4 is 10.1 Å². The predicted molar refractivity (Wildman–Crippen MR) is 106 cm³/mol. The van der Waals surface area contributed by atoms with Crippen LogP contribution in [0.1, 0.15) is 55.6 Å². The molecule has 1 aliphatic rings. The molecule has 0 saturated carbocycles. The Kier molecular flexibility index (Phi) is 6.18. The lowest BCUT2D eigenvalue weighted by atomic mass is 9.93. The fraction of sp³-hybridized carbons (Fsp3) is 0.474. The van der Waals surface area contributed by atoms with Gasteiger partial charge in [0.1, 0.15) is 5.02 Å². The number of amides is 2. The summed E-state index contributed by atoms with van der Waals surface area (Å²) in [4.78, 5) is 30.3. The second-order valence-electron chi connectivity index (χ2n) is 7.15. The van der Waals surface area contributed by atoms with Crippen molar-refractivity contribution in [2.45, 2.75) is 45.6 Å². The molecule has 1 atom stereocenters. The number of anilines is 1. The molecule has 0 radical (unpaired) electrons. The molecule has 9 heteroatoms. The molecule has 28 heavy (non-hydrogen) atoms. The monoisotopic (exact) mass is 405 g/mol. The van der Waals surface area contributed by atoms with Crippen molar-refractivity contribution in [1.82, 2.24) is 20.1 Å². The van der Waals surface area contributed by atoms with E-state index in [1.165, 1.54) is 13.1 Å². The Morgan fingerprint density at radius 1 is 1.39 bits per heavy atom. The zero-order chi connectivity index (χ0) is 20.3. The lowest BCUT2D eigenvalue weighted by Crippen LogP contribution is -2.39. The number of ether oxygens (including phenoxy) is 1. The summed E-state index contributed by atoms with van der Waals surface area (Å²) in [5.74, 6) is 0.0998. The molecule has 0 aliphatic carbocycles. The van der Waals surface area contributed by atoms with Crippen LogP contribution in [0.5, 0.6) is 5.88 Å². The fourth-order valence-electron chi connectivity index (χ4n) is 3.33. The second-order valence-corrected chi connectivity index (χ2v) is 7.55. The van der Waals surface area contributed by atoms with Gasteiger partial charge < -0.3 is 15.0 Å². The molecule has 3 heterocycles. The molecule has 2 aromatic heterocycles. The number of nitrogens with one attached hydrogen (secondary N) is 2. The summed E-state index contributed by atoms with van der Waals surface area (Å²) in [6.45, 7) is 6.40. The highest BCUT2D eigenvalue weighted by atomic mass is 35.5. The summed E-state index contributed by atoms with van der Waals surface area (Å²) in [6, 6.07) is 1.59. The summed E-state index contributed by atoms with van der Waals surface area (Å²) in [5.41, 5.74) is 1.92. The molecule has 3 rings (SSSR count). The minimum Gasteiger partial charge on any atom is -0.474 e. The zero-order valence-electron chi connectivity index (χ0n) is 16.2. The van der Waals surface area contributed by atoms with Crippen LogP contribution in [0.3, 0.4) is 0 Å². The van der Waals surface area contributed by atoms with Crippen LogP contribution in [0, 0.1) is 0 Å². The number of piperidine rings is 1. The lowest BCUT2D eigenvalue weighted by molar-refractivity contribution is -0.114. The van der Waals surface area contributed by atoms with Gasteiger partial charge >= 0.3 is 0 Å². The number of pyridine rings is 1. The Hall–Kier alpha value is -2.61. The van der Waals surface area contributed by atoms with E-state index >= 15 is 0 Å². The highest BCUT2D eigenvalue weighted by Crippen LogP contribution is 2.31. The molecule has 1 aliphatic heterocycles. The van der Waals surface area contributed by atoms with Crippen molar-refractivity contribution in [2.75, 3.05) is 18.4 Å². The van der Waals surface area contributed by atoms with Gasteiger partial charge in [-0.05, 0) is 32.8 Å². The van der Waals surface area contributed by atoms with E-state index in [-0.39, 0.29) is 23.8 Å². The van der Waals surface area contributed by atoms with Crippen molar-refractivity contribution in [3.63, 3.8) is 0 Å². The summed E-state index contributed by atoms with van der Waals surface area (Å²) in [5, 5.41) is 10.1. The normalized spacial score (nSPS) is 16.9. The number of aromatic amines is 1. The number of rotatable bonds is 5. The van der Waals surface area contributed by atoms with Gasteiger partial charge in [0, 0.05) is 32.1 Å². The van der Waals surface area contributed by atoms with Gasteiger partial charge in [-0.15, -0.1) is 0 Å². The van der Waals surface area contributed by atoms with Gasteiger partial charge in [-0.2, -0.15) is 5.10 Å². The number of hydrogen-bond acceptors (Lipinski definition) is 5. The zero-order valence-corrected chi connectivity index (χ0v) is 16.9. The Morgan fingerprint density at radius 3 is 2.86 bits per heavy atom. The molecule has 1 saturated heterocycles. The molecule has 2 amide bonds. The maximum Gasteiger partial charge on any atom is 0.255 e. The van der Waals surface area contributed by atoms with E-state index in [4.69, 9.17) is 16.3 Å². The first-order chi connectivity index (χ1) is 13.3. The maximum atomic E-state index is 13.0. The molecule has 0 spiro atoms. The molecular weight excluding hydrogens is 382 g/mol. The topological polar surface area (TPSA) is 100 Å². The minimum atomic E-state index is -0.157. The number of H-pyrrole nitrogens is 1. The Labute approximate surface area is 168 Å².